The molecule has 4 rings (SSSR count). The molecule has 0 radical (unpaired) electrons. The fourth-order valence-electron chi connectivity index (χ4n) is 3.84. The number of aromatic nitrogens is 2. The molecule has 1 aromatic heterocycles. The first kappa shape index (κ1) is 21.6. The van der Waals surface area contributed by atoms with Crippen LogP contribution >= 0.6 is 0 Å². The average molecular weight is 434 g/mol. The summed E-state index contributed by atoms with van der Waals surface area (Å²) in [5, 5.41) is 7.47. The fourth-order valence-corrected chi connectivity index (χ4v) is 3.84. The lowest BCUT2D eigenvalue weighted by Crippen LogP contribution is -2.55. The Bertz CT molecular complexity index is 1080. The number of nitrogens with zero attached hydrogens (tertiary/aromatic N) is 3. The Morgan fingerprint density at radius 1 is 1.12 bits per heavy atom. The number of methoxy groups -OCH3 is 1. The van der Waals surface area contributed by atoms with E-state index in [4.69, 9.17) is 9.47 Å². The first-order valence-corrected chi connectivity index (χ1v) is 10.5. The van der Waals surface area contributed by atoms with Crippen LogP contribution in [-0.4, -0.2) is 52.8 Å². The zero-order valence-corrected chi connectivity index (χ0v) is 18.2. The summed E-state index contributed by atoms with van der Waals surface area (Å²) in [6.07, 6.45) is 1.97. The van der Waals surface area contributed by atoms with E-state index in [0.29, 0.717) is 19.6 Å². The van der Waals surface area contributed by atoms with Crippen molar-refractivity contribution in [2.45, 2.75) is 19.0 Å². The van der Waals surface area contributed by atoms with E-state index < -0.39 is 12.0 Å². The molecule has 1 N–H and O–H groups in total. The van der Waals surface area contributed by atoms with Gasteiger partial charge in [0.1, 0.15) is 17.5 Å². The third-order valence-corrected chi connectivity index (χ3v) is 5.41. The molecule has 1 fully saturated rings. The number of nitrogens with one attached hydrogen (secondary N) is 1. The fraction of sp³-hybridized carbons (Fsp3) is 0.292. The first-order valence-electron chi connectivity index (χ1n) is 10.5. The molecule has 0 aliphatic carbocycles. The van der Waals surface area contributed by atoms with Crippen LogP contribution in [0.2, 0.25) is 0 Å². The number of para-hydroxylation sites is 1. The summed E-state index contributed by atoms with van der Waals surface area (Å²) in [7, 11) is 3.20. The normalized spacial score (nSPS) is 16.4. The van der Waals surface area contributed by atoms with Crippen molar-refractivity contribution in [2.75, 3.05) is 20.2 Å². The molecule has 1 amide bonds. The van der Waals surface area contributed by atoms with Crippen molar-refractivity contribution in [1.82, 2.24) is 20.0 Å². The van der Waals surface area contributed by atoms with Crippen LogP contribution in [0.5, 0.6) is 11.5 Å². The minimum absolute atomic E-state index is 0.0173. The van der Waals surface area contributed by atoms with Crippen molar-refractivity contribution >= 4 is 11.9 Å². The van der Waals surface area contributed by atoms with Crippen LogP contribution in [0.1, 0.15) is 12.0 Å². The van der Waals surface area contributed by atoms with E-state index in [1.54, 1.807) is 4.68 Å². The summed E-state index contributed by atoms with van der Waals surface area (Å²) in [6, 6.07) is 16.8. The molecule has 166 valence electrons. The Balaban J connectivity index is 1.53. The molecule has 32 heavy (non-hydrogen) atoms. The van der Waals surface area contributed by atoms with E-state index >= 15 is 0 Å². The van der Waals surface area contributed by atoms with Gasteiger partial charge < -0.3 is 14.8 Å². The van der Waals surface area contributed by atoms with Gasteiger partial charge in [-0.1, -0.05) is 18.2 Å². The van der Waals surface area contributed by atoms with Crippen molar-refractivity contribution in [3.05, 3.63) is 66.4 Å². The third-order valence-electron chi connectivity index (χ3n) is 5.41. The van der Waals surface area contributed by atoms with Crippen LogP contribution in [0.15, 0.2) is 60.8 Å². The van der Waals surface area contributed by atoms with Crippen LogP contribution in [0, 0.1) is 0 Å². The SMILES string of the molecule is COC(=O)C[C@@H]1C(=O)NCCN1Cc1cn(C)nc1-c1ccc(Oc2ccccc2)cc1. The highest BCUT2D eigenvalue weighted by Crippen LogP contribution is 2.28. The number of carbonyl (C=O) groups excluding carboxylic acids is 2. The van der Waals surface area contributed by atoms with Gasteiger partial charge in [-0.15, -0.1) is 0 Å². The summed E-state index contributed by atoms with van der Waals surface area (Å²) >= 11 is 0. The van der Waals surface area contributed by atoms with Gasteiger partial charge in [-0.2, -0.15) is 5.10 Å². The summed E-state index contributed by atoms with van der Waals surface area (Å²) in [5.74, 6) is 0.953. The predicted octanol–water partition coefficient (Wildman–Crippen LogP) is 2.74. The van der Waals surface area contributed by atoms with Crippen LogP contribution in [0.25, 0.3) is 11.3 Å². The topological polar surface area (TPSA) is 85.7 Å². The highest BCUT2D eigenvalue weighted by molar-refractivity contribution is 5.87. The minimum atomic E-state index is -0.564. The van der Waals surface area contributed by atoms with Crippen molar-refractivity contribution in [2.24, 2.45) is 7.05 Å². The minimum Gasteiger partial charge on any atom is -0.469 e. The van der Waals surface area contributed by atoms with Gasteiger partial charge >= 0.3 is 5.97 Å². The number of aryl methyl sites for hydroxylation is 1. The Hall–Kier alpha value is -3.65. The third kappa shape index (κ3) is 4.97. The van der Waals surface area contributed by atoms with Crippen LogP contribution < -0.4 is 10.1 Å². The monoisotopic (exact) mass is 434 g/mol. The molecule has 1 atom stereocenters. The van der Waals surface area contributed by atoms with Gasteiger partial charge in [0.15, 0.2) is 0 Å². The Morgan fingerprint density at radius 3 is 2.56 bits per heavy atom. The number of hydrogen-bond acceptors (Lipinski definition) is 6. The average Bonchev–Trinajstić information content (AvgIpc) is 3.17. The van der Waals surface area contributed by atoms with Gasteiger partial charge in [0.05, 0.1) is 19.2 Å². The Morgan fingerprint density at radius 2 is 1.84 bits per heavy atom. The maximum Gasteiger partial charge on any atom is 0.307 e. The molecule has 0 bridgehead atoms. The second kappa shape index (κ2) is 9.65. The lowest BCUT2D eigenvalue weighted by atomic mass is 10.0. The lowest BCUT2D eigenvalue weighted by Gasteiger charge is -2.34. The van der Waals surface area contributed by atoms with E-state index in [2.05, 4.69) is 10.4 Å². The molecule has 8 heteroatoms. The standard InChI is InChI=1S/C24H26N4O4/c1-27-15-18(16-28-13-12-25-24(30)21(28)14-22(29)31-2)23(26-27)17-8-10-20(11-9-17)32-19-6-4-3-5-7-19/h3-11,15,21H,12-14,16H2,1-2H3,(H,25,30)/t21-/m1/s1. The quantitative estimate of drug-likeness (QED) is 0.576. The van der Waals surface area contributed by atoms with E-state index in [9.17, 15) is 9.59 Å². The molecule has 2 aromatic carbocycles. The van der Waals surface area contributed by atoms with Crippen molar-refractivity contribution < 1.29 is 19.1 Å². The lowest BCUT2D eigenvalue weighted by molar-refractivity contribution is -0.146. The number of rotatable bonds is 7. The van der Waals surface area contributed by atoms with Gasteiger partial charge in [-0.3, -0.25) is 19.2 Å². The van der Waals surface area contributed by atoms with Gasteiger partial charge in [0.2, 0.25) is 5.91 Å². The Labute approximate surface area is 186 Å². The molecule has 0 unspecified atom stereocenters. The summed E-state index contributed by atoms with van der Waals surface area (Å²) in [6.45, 7) is 1.68. The molecule has 2 heterocycles. The molecule has 1 saturated heterocycles. The zero-order chi connectivity index (χ0) is 22.5. The molecular weight excluding hydrogens is 408 g/mol. The number of amides is 1. The van der Waals surface area contributed by atoms with E-state index in [1.807, 2.05) is 72.7 Å². The van der Waals surface area contributed by atoms with Gasteiger partial charge in [-0.25, -0.2) is 0 Å². The van der Waals surface area contributed by atoms with Crippen molar-refractivity contribution in [3.8, 4) is 22.8 Å². The molecule has 0 spiro atoms. The van der Waals surface area contributed by atoms with Crippen molar-refractivity contribution in [3.63, 3.8) is 0 Å². The Kier molecular flexibility index (Phi) is 6.51. The molecule has 1 aliphatic rings. The maximum absolute atomic E-state index is 12.4. The molecular formula is C24H26N4O4. The van der Waals surface area contributed by atoms with Crippen molar-refractivity contribution in [1.29, 1.82) is 0 Å². The van der Waals surface area contributed by atoms with Crippen LogP contribution in [-0.2, 0) is 27.9 Å². The number of hydrogen-bond donors (Lipinski definition) is 1. The van der Waals surface area contributed by atoms with Crippen LogP contribution in [0.4, 0.5) is 0 Å². The summed E-state index contributed by atoms with van der Waals surface area (Å²) in [5.41, 5.74) is 2.77. The summed E-state index contributed by atoms with van der Waals surface area (Å²) < 4.78 is 12.4. The van der Waals surface area contributed by atoms with E-state index in [0.717, 1.165) is 28.3 Å². The van der Waals surface area contributed by atoms with E-state index in [-0.39, 0.29) is 12.3 Å². The van der Waals surface area contributed by atoms with Gasteiger partial charge in [0, 0.05) is 44.0 Å². The number of benzene rings is 2. The number of ether oxygens (including phenoxy) is 2. The van der Waals surface area contributed by atoms with E-state index in [1.165, 1.54) is 7.11 Å². The maximum atomic E-state index is 12.4. The molecule has 8 nitrogen and oxygen atoms in total. The number of carbonyl (C=O) groups is 2. The number of esters is 1. The number of piperazine rings is 1. The summed E-state index contributed by atoms with van der Waals surface area (Å²) in [4.78, 5) is 26.2. The van der Waals surface area contributed by atoms with Crippen LogP contribution in [0.3, 0.4) is 0 Å². The zero-order valence-electron chi connectivity index (χ0n) is 18.2. The first-order chi connectivity index (χ1) is 15.5. The highest BCUT2D eigenvalue weighted by atomic mass is 16.5. The second-order valence-electron chi connectivity index (χ2n) is 7.67. The second-order valence-corrected chi connectivity index (χ2v) is 7.67. The molecule has 1 aliphatic heterocycles. The molecule has 3 aromatic rings. The van der Waals surface area contributed by atoms with Gasteiger partial charge in [-0.05, 0) is 36.4 Å². The highest BCUT2D eigenvalue weighted by Gasteiger charge is 2.32. The largest absolute Gasteiger partial charge is 0.469 e. The smallest absolute Gasteiger partial charge is 0.307 e. The molecule has 0 saturated carbocycles. The van der Waals surface area contributed by atoms with Gasteiger partial charge in [0.25, 0.3) is 0 Å². The predicted molar refractivity (Wildman–Crippen MR) is 119 cm³/mol.